The summed E-state index contributed by atoms with van der Waals surface area (Å²) in [7, 11) is 1.80. The van der Waals surface area contributed by atoms with Crippen molar-refractivity contribution in [3.8, 4) is 0 Å². The molecule has 1 aromatic rings. The minimum Gasteiger partial charge on any atom is -0.379 e. The predicted molar refractivity (Wildman–Crippen MR) is 86.4 cm³/mol. The molecule has 0 radical (unpaired) electrons. The molecule has 1 aromatic carbocycles. The van der Waals surface area contributed by atoms with Crippen LogP contribution >= 0.6 is 0 Å². The molecular formula is C16H26N4O. The third kappa shape index (κ3) is 5.02. The zero-order valence-electron chi connectivity index (χ0n) is 13.1. The van der Waals surface area contributed by atoms with Gasteiger partial charge in [0.25, 0.3) is 0 Å². The smallest absolute Gasteiger partial charge is 0.191 e. The van der Waals surface area contributed by atoms with Crippen LogP contribution in [0.5, 0.6) is 0 Å². The van der Waals surface area contributed by atoms with Gasteiger partial charge in [-0.3, -0.25) is 9.89 Å². The quantitative estimate of drug-likeness (QED) is 0.632. The first-order chi connectivity index (χ1) is 10.3. The summed E-state index contributed by atoms with van der Waals surface area (Å²) in [5, 5.41) is 6.58. The highest BCUT2D eigenvalue weighted by Crippen LogP contribution is 2.12. The van der Waals surface area contributed by atoms with Gasteiger partial charge in [0.05, 0.1) is 13.2 Å². The van der Waals surface area contributed by atoms with Crippen molar-refractivity contribution in [3.05, 3.63) is 35.4 Å². The van der Waals surface area contributed by atoms with Crippen molar-refractivity contribution in [3.63, 3.8) is 0 Å². The van der Waals surface area contributed by atoms with Gasteiger partial charge in [0.1, 0.15) is 0 Å². The molecule has 1 aliphatic heterocycles. The molecule has 0 amide bonds. The molecule has 0 bridgehead atoms. The lowest BCUT2D eigenvalue weighted by Crippen LogP contribution is -2.37. The summed E-state index contributed by atoms with van der Waals surface area (Å²) in [5.41, 5.74) is 2.70. The zero-order valence-corrected chi connectivity index (χ0v) is 13.1. The van der Waals surface area contributed by atoms with E-state index >= 15 is 0 Å². The topological polar surface area (TPSA) is 48.9 Å². The monoisotopic (exact) mass is 290 g/mol. The molecule has 0 unspecified atom stereocenters. The Kier molecular flexibility index (Phi) is 6.50. The third-order valence-corrected chi connectivity index (χ3v) is 3.63. The summed E-state index contributed by atoms with van der Waals surface area (Å²) >= 11 is 0. The van der Waals surface area contributed by atoms with Gasteiger partial charge in [-0.1, -0.05) is 24.3 Å². The summed E-state index contributed by atoms with van der Waals surface area (Å²) in [5.74, 6) is 0.846. The fraction of sp³-hybridized carbons (Fsp3) is 0.562. The number of hydrogen-bond donors (Lipinski definition) is 2. The molecule has 5 heteroatoms. The lowest BCUT2D eigenvalue weighted by atomic mass is 10.1. The zero-order chi connectivity index (χ0) is 14.9. The Balaban J connectivity index is 1.95. The molecule has 116 valence electrons. The molecule has 2 rings (SSSR count). The van der Waals surface area contributed by atoms with Crippen LogP contribution in [0.2, 0.25) is 0 Å². The van der Waals surface area contributed by atoms with Crippen molar-refractivity contribution in [1.29, 1.82) is 0 Å². The standard InChI is InChI=1S/C16H26N4O/c1-3-18-16(17-2)19-12-14-6-4-5-7-15(14)13-20-8-10-21-11-9-20/h4-7H,3,8-13H2,1-2H3,(H2,17,18,19). The molecule has 0 aromatic heterocycles. The number of ether oxygens (including phenoxy) is 1. The van der Waals surface area contributed by atoms with E-state index in [0.717, 1.165) is 51.9 Å². The van der Waals surface area contributed by atoms with E-state index in [1.165, 1.54) is 11.1 Å². The highest BCUT2D eigenvalue weighted by Gasteiger charge is 2.12. The van der Waals surface area contributed by atoms with E-state index in [1.54, 1.807) is 7.05 Å². The summed E-state index contributed by atoms with van der Waals surface area (Å²) < 4.78 is 5.41. The van der Waals surface area contributed by atoms with E-state index in [-0.39, 0.29) is 0 Å². The highest BCUT2D eigenvalue weighted by molar-refractivity contribution is 5.79. The molecule has 0 atom stereocenters. The molecule has 21 heavy (non-hydrogen) atoms. The van der Waals surface area contributed by atoms with E-state index in [1.807, 2.05) is 0 Å². The van der Waals surface area contributed by atoms with E-state index in [9.17, 15) is 0 Å². The first-order valence-electron chi connectivity index (χ1n) is 7.65. The van der Waals surface area contributed by atoms with Crippen molar-refractivity contribution in [2.45, 2.75) is 20.0 Å². The number of nitrogens with one attached hydrogen (secondary N) is 2. The molecule has 1 fully saturated rings. The molecule has 0 aliphatic carbocycles. The van der Waals surface area contributed by atoms with Crippen LogP contribution in [0.1, 0.15) is 18.1 Å². The maximum absolute atomic E-state index is 5.41. The lowest BCUT2D eigenvalue weighted by Gasteiger charge is -2.27. The van der Waals surface area contributed by atoms with Gasteiger partial charge >= 0.3 is 0 Å². The van der Waals surface area contributed by atoms with Crippen LogP contribution in [0, 0.1) is 0 Å². The predicted octanol–water partition coefficient (Wildman–Crippen LogP) is 1.20. The molecule has 5 nitrogen and oxygen atoms in total. The van der Waals surface area contributed by atoms with E-state index < -0.39 is 0 Å². The fourth-order valence-electron chi connectivity index (χ4n) is 2.45. The molecule has 0 spiro atoms. The van der Waals surface area contributed by atoms with Crippen LogP contribution in [0.3, 0.4) is 0 Å². The Morgan fingerprint density at radius 2 is 1.90 bits per heavy atom. The molecule has 1 saturated heterocycles. The van der Waals surface area contributed by atoms with Crippen LogP contribution in [0.4, 0.5) is 0 Å². The van der Waals surface area contributed by atoms with Gasteiger partial charge in [-0.2, -0.15) is 0 Å². The maximum Gasteiger partial charge on any atom is 0.191 e. The Bertz CT molecular complexity index is 455. The number of hydrogen-bond acceptors (Lipinski definition) is 3. The second kappa shape index (κ2) is 8.64. The summed E-state index contributed by atoms with van der Waals surface area (Å²) in [6, 6.07) is 8.60. The Hall–Kier alpha value is -1.59. The summed E-state index contributed by atoms with van der Waals surface area (Å²) in [6.07, 6.45) is 0. The van der Waals surface area contributed by atoms with E-state index in [0.29, 0.717) is 0 Å². The van der Waals surface area contributed by atoms with Crippen molar-refractivity contribution in [1.82, 2.24) is 15.5 Å². The summed E-state index contributed by atoms with van der Waals surface area (Å²) in [4.78, 5) is 6.65. The number of rotatable bonds is 5. The van der Waals surface area contributed by atoms with Crippen LogP contribution in [-0.2, 0) is 17.8 Å². The first kappa shape index (κ1) is 15.8. The van der Waals surface area contributed by atoms with Gasteiger partial charge in [0, 0.05) is 39.8 Å². The van der Waals surface area contributed by atoms with E-state index in [4.69, 9.17) is 4.74 Å². The number of morpholine rings is 1. The van der Waals surface area contributed by atoms with Gasteiger partial charge in [-0.15, -0.1) is 0 Å². The minimum atomic E-state index is 0.792. The summed E-state index contributed by atoms with van der Waals surface area (Å²) in [6.45, 7) is 8.43. The second-order valence-electron chi connectivity index (χ2n) is 5.11. The molecule has 2 N–H and O–H groups in total. The fourth-order valence-corrected chi connectivity index (χ4v) is 2.45. The highest BCUT2D eigenvalue weighted by atomic mass is 16.5. The van der Waals surface area contributed by atoms with Crippen LogP contribution in [0.15, 0.2) is 29.3 Å². The minimum absolute atomic E-state index is 0.792. The number of aliphatic imine (C=N–C) groups is 1. The largest absolute Gasteiger partial charge is 0.379 e. The number of nitrogens with zero attached hydrogens (tertiary/aromatic N) is 2. The Morgan fingerprint density at radius 1 is 1.19 bits per heavy atom. The maximum atomic E-state index is 5.41. The van der Waals surface area contributed by atoms with Crippen molar-refractivity contribution >= 4 is 5.96 Å². The van der Waals surface area contributed by atoms with Crippen molar-refractivity contribution < 1.29 is 4.74 Å². The molecule has 1 aliphatic rings. The number of guanidine groups is 1. The van der Waals surface area contributed by atoms with Gasteiger partial charge in [0.2, 0.25) is 0 Å². The van der Waals surface area contributed by atoms with Gasteiger partial charge in [0.15, 0.2) is 5.96 Å². The van der Waals surface area contributed by atoms with Gasteiger partial charge in [-0.25, -0.2) is 0 Å². The first-order valence-corrected chi connectivity index (χ1v) is 7.65. The third-order valence-electron chi connectivity index (χ3n) is 3.63. The van der Waals surface area contributed by atoms with Crippen LogP contribution < -0.4 is 10.6 Å². The van der Waals surface area contributed by atoms with Crippen LogP contribution in [-0.4, -0.2) is 50.8 Å². The molecular weight excluding hydrogens is 264 g/mol. The van der Waals surface area contributed by atoms with Gasteiger partial charge in [-0.05, 0) is 18.1 Å². The molecule has 1 heterocycles. The lowest BCUT2D eigenvalue weighted by molar-refractivity contribution is 0.0341. The SMILES string of the molecule is CCNC(=NC)NCc1ccccc1CN1CCOCC1. The average molecular weight is 290 g/mol. The van der Waals surface area contributed by atoms with Crippen LogP contribution in [0.25, 0.3) is 0 Å². The Labute approximate surface area is 127 Å². The van der Waals surface area contributed by atoms with Gasteiger partial charge < -0.3 is 15.4 Å². The normalized spacial score (nSPS) is 16.8. The van der Waals surface area contributed by atoms with Crippen molar-refractivity contribution in [2.24, 2.45) is 4.99 Å². The number of benzene rings is 1. The van der Waals surface area contributed by atoms with Crippen molar-refractivity contribution in [2.75, 3.05) is 39.9 Å². The second-order valence-corrected chi connectivity index (χ2v) is 5.11. The molecule has 0 saturated carbocycles. The van der Waals surface area contributed by atoms with E-state index in [2.05, 4.69) is 51.7 Å². The average Bonchev–Trinajstić information content (AvgIpc) is 2.53. The Morgan fingerprint density at radius 3 is 2.57 bits per heavy atom.